The number of rotatable bonds is 4. The number of hydrogen-bond acceptors (Lipinski definition) is 6. The smallest absolute Gasteiger partial charge is 0.274 e. The van der Waals surface area contributed by atoms with E-state index in [2.05, 4.69) is 10.00 Å². The van der Waals surface area contributed by atoms with Crippen molar-refractivity contribution in [3.05, 3.63) is 52.3 Å². The van der Waals surface area contributed by atoms with Crippen LogP contribution in [0.2, 0.25) is 0 Å². The molecule has 3 rings (SSSR count). The predicted molar refractivity (Wildman–Crippen MR) is 92.7 cm³/mol. The Balaban J connectivity index is 0.00000225. The molecule has 3 heterocycles. The molecule has 1 amide bonds. The van der Waals surface area contributed by atoms with Crippen molar-refractivity contribution in [3.63, 3.8) is 0 Å². The second-order valence-corrected chi connectivity index (χ2v) is 5.80. The first kappa shape index (κ1) is 19.2. The Bertz CT molecular complexity index is 754. The molecule has 1 aliphatic rings. The van der Waals surface area contributed by atoms with Gasteiger partial charge in [-0.1, -0.05) is 0 Å². The minimum atomic E-state index is -0.674. The number of amides is 1. The van der Waals surface area contributed by atoms with E-state index in [4.69, 9.17) is 4.42 Å². The van der Waals surface area contributed by atoms with Crippen molar-refractivity contribution in [3.8, 4) is 0 Å². The minimum Gasteiger partial charge on any atom is -0.467 e. The molecule has 25 heavy (non-hydrogen) atoms. The highest BCUT2D eigenvalue weighted by Gasteiger charge is 2.25. The number of halogens is 1. The molecule has 0 bridgehead atoms. The third-order valence-electron chi connectivity index (χ3n) is 4.14. The summed E-state index contributed by atoms with van der Waals surface area (Å²) in [5.41, 5.74) is 0.0180. The van der Waals surface area contributed by atoms with E-state index >= 15 is 0 Å². The highest BCUT2D eigenvalue weighted by molar-refractivity contribution is 5.92. The monoisotopic (exact) mass is 368 g/mol. The van der Waals surface area contributed by atoms with Gasteiger partial charge in [0.1, 0.15) is 17.6 Å². The van der Waals surface area contributed by atoms with Crippen molar-refractivity contribution >= 4 is 18.3 Å². The summed E-state index contributed by atoms with van der Waals surface area (Å²) in [7, 11) is 1.52. The first-order chi connectivity index (χ1) is 11.5. The molecule has 2 aromatic heterocycles. The van der Waals surface area contributed by atoms with Crippen molar-refractivity contribution in [2.24, 2.45) is 7.05 Å². The van der Waals surface area contributed by atoms with E-state index in [0.29, 0.717) is 38.5 Å². The number of furan rings is 1. The lowest BCUT2D eigenvalue weighted by Gasteiger charge is -2.35. The molecule has 0 spiro atoms. The maximum atomic E-state index is 12.4. The molecule has 1 atom stereocenters. The highest BCUT2D eigenvalue weighted by atomic mass is 35.5. The number of hydrogen-bond donors (Lipinski definition) is 1. The van der Waals surface area contributed by atoms with Crippen LogP contribution < -0.4 is 5.56 Å². The van der Waals surface area contributed by atoms with Gasteiger partial charge in [-0.05, 0) is 18.2 Å². The molecular formula is C16H21ClN4O4. The van der Waals surface area contributed by atoms with Crippen molar-refractivity contribution in [1.82, 2.24) is 19.6 Å². The van der Waals surface area contributed by atoms with Gasteiger partial charge in [-0.15, -0.1) is 12.4 Å². The van der Waals surface area contributed by atoms with Gasteiger partial charge < -0.3 is 14.4 Å². The molecule has 0 radical (unpaired) electrons. The number of aromatic nitrogens is 2. The average molecular weight is 369 g/mol. The number of piperazine rings is 1. The van der Waals surface area contributed by atoms with Crippen molar-refractivity contribution in [2.45, 2.75) is 6.10 Å². The topological polar surface area (TPSA) is 91.8 Å². The number of aliphatic hydroxyl groups is 1. The van der Waals surface area contributed by atoms with Crippen LogP contribution in [0.3, 0.4) is 0 Å². The van der Waals surface area contributed by atoms with Crippen LogP contribution in [0, 0.1) is 0 Å². The van der Waals surface area contributed by atoms with Crippen molar-refractivity contribution in [1.29, 1.82) is 0 Å². The van der Waals surface area contributed by atoms with Gasteiger partial charge in [0.2, 0.25) is 0 Å². The average Bonchev–Trinajstić information content (AvgIpc) is 3.12. The fourth-order valence-corrected chi connectivity index (χ4v) is 2.73. The molecular weight excluding hydrogens is 348 g/mol. The summed E-state index contributed by atoms with van der Waals surface area (Å²) in [6.07, 6.45) is 0.863. The van der Waals surface area contributed by atoms with Gasteiger partial charge in [0.15, 0.2) is 0 Å². The van der Waals surface area contributed by atoms with Crippen LogP contribution in [-0.2, 0) is 7.05 Å². The molecule has 136 valence electrons. The van der Waals surface area contributed by atoms with E-state index in [1.807, 2.05) is 0 Å². The lowest BCUT2D eigenvalue weighted by molar-refractivity contribution is 0.0480. The van der Waals surface area contributed by atoms with Crippen molar-refractivity contribution in [2.75, 3.05) is 32.7 Å². The summed E-state index contributed by atoms with van der Waals surface area (Å²) >= 11 is 0. The zero-order valence-electron chi connectivity index (χ0n) is 13.9. The molecule has 2 aromatic rings. The molecule has 1 N–H and O–H groups in total. The molecule has 8 nitrogen and oxygen atoms in total. The zero-order chi connectivity index (χ0) is 17.1. The lowest BCUT2D eigenvalue weighted by atomic mass is 10.2. The summed E-state index contributed by atoms with van der Waals surface area (Å²) in [4.78, 5) is 27.6. The molecule has 1 fully saturated rings. The molecule has 1 saturated heterocycles. The van der Waals surface area contributed by atoms with Gasteiger partial charge in [-0.3, -0.25) is 14.5 Å². The number of nitrogens with zero attached hydrogens (tertiary/aromatic N) is 4. The fraction of sp³-hybridized carbons (Fsp3) is 0.438. The third kappa shape index (κ3) is 4.47. The lowest BCUT2D eigenvalue weighted by Crippen LogP contribution is -2.49. The Morgan fingerprint density at radius 2 is 2.00 bits per heavy atom. The number of aliphatic hydroxyl groups excluding tert-OH is 1. The molecule has 0 saturated carbocycles. The maximum Gasteiger partial charge on any atom is 0.274 e. The Hall–Kier alpha value is -2.16. The molecule has 1 aliphatic heterocycles. The SMILES string of the molecule is Cl.Cn1nc(C(=O)N2CCN(CC(O)c3ccco3)CC2)ccc1=O. The van der Waals surface area contributed by atoms with E-state index in [9.17, 15) is 14.7 Å². The van der Waals surface area contributed by atoms with Crippen molar-refractivity contribution < 1.29 is 14.3 Å². The van der Waals surface area contributed by atoms with Crippen LogP contribution in [0.4, 0.5) is 0 Å². The van der Waals surface area contributed by atoms with E-state index in [1.165, 1.54) is 25.4 Å². The van der Waals surface area contributed by atoms with E-state index in [0.717, 1.165) is 4.68 Å². The van der Waals surface area contributed by atoms with E-state index in [-0.39, 0.29) is 29.6 Å². The van der Waals surface area contributed by atoms with Crippen LogP contribution in [0.25, 0.3) is 0 Å². The first-order valence-electron chi connectivity index (χ1n) is 7.82. The molecule has 0 aromatic carbocycles. The van der Waals surface area contributed by atoms with Gasteiger partial charge >= 0.3 is 0 Å². The zero-order valence-corrected chi connectivity index (χ0v) is 14.7. The minimum absolute atomic E-state index is 0. The second-order valence-electron chi connectivity index (χ2n) is 5.80. The van der Waals surface area contributed by atoms with E-state index < -0.39 is 6.10 Å². The Morgan fingerprint density at radius 1 is 1.28 bits per heavy atom. The molecule has 0 aliphatic carbocycles. The summed E-state index contributed by atoms with van der Waals surface area (Å²) < 4.78 is 6.35. The van der Waals surface area contributed by atoms with Gasteiger partial charge in [0.05, 0.1) is 6.26 Å². The number of aryl methyl sites for hydroxylation is 1. The second kappa shape index (κ2) is 8.28. The number of carbonyl (C=O) groups is 1. The standard InChI is InChI=1S/C16H20N4O4.ClH/c1-18-15(22)5-4-12(17-18)16(23)20-8-6-19(7-9-20)11-13(21)14-3-2-10-24-14;/h2-5,10,13,21H,6-9,11H2,1H3;1H. The molecule has 1 unspecified atom stereocenters. The number of carbonyl (C=O) groups excluding carboxylic acids is 1. The maximum absolute atomic E-state index is 12.4. The summed E-state index contributed by atoms with van der Waals surface area (Å²) in [5.74, 6) is 0.361. The quantitative estimate of drug-likeness (QED) is 0.833. The summed E-state index contributed by atoms with van der Waals surface area (Å²) in [6, 6.07) is 6.29. The fourth-order valence-electron chi connectivity index (χ4n) is 2.73. The Morgan fingerprint density at radius 3 is 2.60 bits per heavy atom. The highest BCUT2D eigenvalue weighted by Crippen LogP contribution is 2.16. The molecule has 9 heteroatoms. The summed E-state index contributed by atoms with van der Waals surface area (Å²) in [6.45, 7) is 2.89. The van der Waals surface area contributed by atoms with Crippen LogP contribution in [0.5, 0.6) is 0 Å². The van der Waals surface area contributed by atoms with Gasteiger partial charge in [-0.2, -0.15) is 5.10 Å². The normalized spacial score (nSPS) is 16.3. The van der Waals surface area contributed by atoms with Gasteiger partial charge in [0.25, 0.3) is 11.5 Å². The Kier molecular flexibility index (Phi) is 6.35. The predicted octanol–water partition coefficient (Wildman–Crippen LogP) is 0.287. The van der Waals surface area contributed by atoms with Gasteiger partial charge in [-0.25, -0.2) is 4.68 Å². The third-order valence-corrected chi connectivity index (χ3v) is 4.14. The van der Waals surface area contributed by atoms with E-state index in [1.54, 1.807) is 17.0 Å². The largest absolute Gasteiger partial charge is 0.467 e. The van der Waals surface area contributed by atoms with Crippen LogP contribution >= 0.6 is 12.4 Å². The number of β-amino-alcohol motifs (C(OH)–C–C–N with tert-alkyl or cyclic N) is 1. The summed E-state index contributed by atoms with van der Waals surface area (Å²) in [5, 5.41) is 14.1. The van der Waals surface area contributed by atoms with Crippen LogP contribution in [-0.4, -0.2) is 63.3 Å². The van der Waals surface area contributed by atoms with Crippen LogP contribution in [0.1, 0.15) is 22.4 Å². The Labute approximate surface area is 151 Å². The first-order valence-corrected chi connectivity index (χ1v) is 7.82. The van der Waals surface area contributed by atoms with Gasteiger partial charge in [0, 0.05) is 45.8 Å². The van der Waals surface area contributed by atoms with Crippen LogP contribution in [0.15, 0.2) is 39.7 Å².